The van der Waals surface area contributed by atoms with Gasteiger partial charge in [0.2, 0.25) is 0 Å². The van der Waals surface area contributed by atoms with Crippen LogP contribution in [0.1, 0.15) is 32.4 Å². The summed E-state index contributed by atoms with van der Waals surface area (Å²) in [5, 5.41) is 3.32. The Morgan fingerprint density at radius 1 is 1.32 bits per heavy atom. The number of ether oxygens (including phenoxy) is 1. The van der Waals surface area contributed by atoms with E-state index in [9.17, 15) is 9.59 Å². The van der Waals surface area contributed by atoms with Gasteiger partial charge in [-0.1, -0.05) is 13.0 Å². The Morgan fingerprint density at radius 2 is 2.07 bits per heavy atom. The molecule has 2 unspecified atom stereocenters. The van der Waals surface area contributed by atoms with Crippen LogP contribution in [0.5, 0.6) is 0 Å². The summed E-state index contributed by atoms with van der Waals surface area (Å²) in [6.45, 7) is 9.69. The first-order valence-electron chi connectivity index (χ1n) is 9.75. The van der Waals surface area contributed by atoms with E-state index in [1.54, 1.807) is 16.7 Å². The third-order valence-corrected chi connectivity index (χ3v) is 5.07. The van der Waals surface area contributed by atoms with E-state index in [2.05, 4.69) is 17.1 Å². The van der Waals surface area contributed by atoms with Gasteiger partial charge < -0.3 is 19.5 Å². The minimum Gasteiger partial charge on any atom is -0.469 e. The highest BCUT2D eigenvalue weighted by Gasteiger charge is 2.36. The van der Waals surface area contributed by atoms with Gasteiger partial charge in [0.15, 0.2) is 5.96 Å². The average Bonchev–Trinajstić information content (AvgIpc) is 3.03. The second-order valence-corrected chi connectivity index (χ2v) is 7.11. The van der Waals surface area contributed by atoms with E-state index in [1.807, 2.05) is 19.9 Å². The predicted octanol–water partition coefficient (Wildman–Crippen LogP) is 2.26. The number of methoxy groups -OCH3 is 1. The van der Waals surface area contributed by atoms with Crippen LogP contribution in [0.2, 0.25) is 0 Å². The number of guanidine groups is 1. The molecule has 0 spiro atoms. The van der Waals surface area contributed by atoms with E-state index in [0.717, 1.165) is 37.6 Å². The number of unbranched alkanes of at least 4 members (excludes halogenated alkanes) is 1. The molecule has 1 saturated heterocycles. The van der Waals surface area contributed by atoms with Gasteiger partial charge in [-0.25, -0.2) is 0 Å². The van der Waals surface area contributed by atoms with Crippen LogP contribution in [-0.2, 0) is 16.1 Å². The lowest BCUT2D eigenvalue weighted by Crippen LogP contribution is -2.40. The van der Waals surface area contributed by atoms with Gasteiger partial charge in [-0.2, -0.15) is 0 Å². The second-order valence-electron chi connectivity index (χ2n) is 7.11. The SMILES string of the molecule is CCNC(=NCCCCn1c(C)cccc1=O)N1CC(C)C(C(=O)OC)C1.I. The van der Waals surface area contributed by atoms with Gasteiger partial charge in [0.25, 0.3) is 5.56 Å². The molecular weight excluding hydrogens is 471 g/mol. The lowest BCUT2D eigenvalue weighted by atomic mass is 9.99. The van der Waals surface area contributed by atoms with Crippen molar-refractivity contribution in [3.05, 3.63) is 34.2 Å². The number of nitrogens with one attached hydrogen (secondary N) is 1. The second kappa shape index (κ2) is 12.1. The van der Waals surface area contributed by atoms with Gasteiger partial charge in [-0.3, -0.25) is 14.6 Å². The van der Waals surface area contributed by atoms with Gasteiger partial charge in [-0.15, -0.1) is 24.0 Å². The number of esters is 1. The van der Waals surface area contributed by atoms with Crippen LogP contribution in [0.3, 0.4) is 0 Å². The van der Waals surface area contributed by atoms with Gasteiger partial charge in [0.05, 0.1) is 13.0 Å². The number of hydrogen-bond acceptors (Lipinski definition) is 4. The first-order chi connectivity index (χ1) is 13.0. The fourth-order valence-electron chi connectivity index (χ4n) is 3.50. The molecule has 0 radical (unpaired) electrons. The van der Waals surface area contributed by atoms with Gasteiger partial charge >= 0.3 is 5.97 Å². The molecule has 1 aliphatic rings. The fraction of sp³-hybridized carbons (Fsp3) is 0.650. The monoisotopic (exact) mass is 504 g/mol. The van der Waals surface area contributed by atoms with E-state index in [4.69, 9.17) is 9.73 Å². The van der Waals surface area contributed by atoms with Crippen molar-refractivity contribution in [3.63, 3.8) is 0 Å². The number of carbonyl (C=O) groups excluding carboxylic acids is 1. The molecule has 0 aliphatic carbocycles. The number of aryl methyl sites for hydroxylation is 1. The number of hydrogen-bond donors (Lipinski definition) is 1. The van der Waals surface area contributed by atoms with Gasteiger partial charge in [-0.05, 0) is 38.7 Å². The van der Waals surface area contributed by atoms with E-state index in [-0.39, 0.29) is 47.3 Å². The molecule has 0 amide bonds. The Labute approximate surface area is 184 Å². The lowest BCUT2D eigenvalue weighted by Gasteiger charge is -2.21. The van der Waals surface area contributed by atoms with Crippen LogP contribution in [0, 0.1) is 18.8 Å². The topological polar surface area (TPSA) is 75.9 Å². The van der Waals surface area contributed by atoms with Crippen molar-refractivity contribution in [2.75, 3.05) is 33.3 Å². The smallest absolute Gasteiger partial charge is 0.310 e. The molecule has 2 rings (SSSR count). The molecule has 1 aliphatic heterocycles. The number of pyridine rings is 1. The molecule has 158 valence electrons. The number of aliphatic imine (C=N–C) groups is 1. The summed E-state index contributed by atoms with van der Waals surface area (Å²) in [5.74, 6) is 0.842. The number of likely N-dealkylation sites (tertiary alicyclic amines) is 1. The molecule has 2 heterocycles. The molecule has 8 heteroatoms. The first kappa shape index (κ1) is 24.5. The van der Waals surface area contributed by atoms with Crippen molar-refractivity contribution in [2.45, 2.75) is 40.2 Å². The average molecular weight is 504 g/mol. The van der Waals surface area contributed by atoms with Crippen molar-refractivity contribution >= 4 is 35.9 Å². The zero-order valence-electron chi connectivity index (χ0n) is 17.3. The quantitative estimate of drug-likeness (QED) is 0.203. The molecule has 7 nitrogen and oxygen atoms in total. The zero-order valence-corrected chi connectivity index (χ0v) is 19.6. The van der Waals surface area contributed by atoms with E-state index >= 15 is 0 Å². The van der Waals surface area contributed by atoms with Crippen LogP contribution in [0.4, 0.5) is 0 Å². The van der Waals surface area contributed by atoms with Crippen LogP contribution in [0.15, 0.2) is 28.0 Å². The molecule has 28 heavy (non-hydrogen) atoms. The molecule has 2 atom stereocenters. The van der Waals surface area contributed by atoms with E-state index in [0.29, 0.717) is 19.6 Å². The van der Waals surface area contributed by atoms with Crippen LogP contribution in [-0.4, -0.2) is 54.7 Å². The zero-order chi connectivity index (χ0) is 19.8. The number of rotatable bonds is 7. The maximum absolute atomic E-state index is 11.9. The molecule has 1 aromatic rings. The number of aromatic nitrogens is 1. The number of halogens is 1. The minimum absolute atomic E-state index is 0. The van der Waals surface area contributed by atoms with Crippen molar-refractivity contribution < 1.29 is 9.53 Å². The van der Waals surface area contributed by atoms with Gasteiger partial charge in [0.1, 0.15) is 0 Å². The van der Waals surface area contributed by atoms with Crippen molar-refractivity contribution in [1.29, 1.82) is 0 Å². The first-order valence-corrected chi connectivity index (χ1v) is 9.75. The Hall–Kier alpha value is -1.58. The summed E-state index contributed by atoms with van der Waals surface area (Å²) in [6.07, 6.45) is 1.80. The third kappa shape index (κ3) is 6.49. The summed E-state index contributed by atoms with van der Waals surface area (Å²) >= 11 is 0. The van der Waals surface area contributed by atoms with Crippen molar-refractivity contribution in [2.24, 2.45) is 16.8 Å². The highest BCUT2D eigenvalue weighted by molar-refractivity contribution is 14.0. The Bertz CT molecular complexity index is 720. The third-order valence-electron chi connectivity index (χ3n) is 5.07. The van der Waals surface area contributed by atoms with E-state index in [1.165, 1.54) is 7.11 Å². The summed E-state index contributed by atoms with van der Waals surface area (Å²) in [5.41, 5.74) is 1.03. The molecule has 0 aromatic carbocycles. The van der Waals surface area contributed by atoms with E-state index < -0.39 is 0 Å². The maximum Gasteiger partial charge on any atom is 0.310 e. The standard InChI is InChI=1S/C20H32N4O3.HI/c1-5-21-20(23-13-15(2)17(14-23)19(26)27-4)22-11-6-7-12-24-16(3)9-8-10-18(24)25;/h8-10,15,17H,5-7,11-14H2,1-4H3,(H,21,22);1H. The van der Waals surface area contributed by atoms with Crippen molar-refractivity contribution in [3.8, 4) is 0 Å². The normalized spacial score (nSPS) is 19.3. The summed E-state index contributed by atoms with van der Waals surface area (Å²) in [6, 6.07) is 5.34. The molecule has 1 N–H and O–H groups in total. The molecule has 1 fully saturated rings. The molecule has 1 aromatic heterocycles. The van der Waals surface area contributed by atoms with Crippen LogP contribution in [0.25, 0.3) is 0 Å². The number of nitrogens with zero attached hydrogens (tertiary/aromatic N) is 3. The largest absolute Gasteiger partial charge is 0.469 e. The molecule has 0 saturated carbocycles. The number of carbonyl (C=O) groups is 1. The summed E-state index contributed by atoms with van der Waals surface area (Å²) in [7, 11) is 1.44. The van der Waals surface area contributed by atoms with Crippen molar-refractivity contribution in [1.82, 2.24) is 14.8 Å². The molecular formula is C20H33IN4O3. The Morgan fingerprint density at radius 3 is 2.71 bits per heavy atom. The highest BCUT2D eigenvalue weighted by atomic mass is 127. The van der Waals surface area contributed by atoms with Crippen LogP contribution >= 0.6 is 24.0 Å². The fourth-order valence-corrected chi connectivity index (χ4v) is 3.50. The highest BCUT2D eigenvalue weighted by Crippen LogP contribution is 2.24. The molecule has 0 bridgehead atoms. The minimum atomic E-state index is -0.149. The Balaban J connectivity index is 0.00000392. The Kier molecular flexibility index (Phi) is 10.6. The van der Waals surface area contributed by atoms with Gasteiger partial charge in [0, 0.05) is 44.5 Å². The van der Waals surface area contributed by atoms with Crippen LogP contribution < -0.4 is 10.9 Å². The summed E-state index contributed by atoms with van der Waals surface area (Å²) in [4.78, 5) is 30.7. The lowest BCUT2D eigenvalue weighted by molar-refractivity contribution is -0.145. The maximum atomic E-state index is 11.9. The summed E-state index contributed by atoms with van der Waals surface area (Å²) < 4.78 is 6.72. The predicted molar refractivity (Wildman–Crippen MR) is 122 cm³/mol.